The van der Waals surface area contributed by atoms with Gasteiger partial charge in [0.2, 0.25) is 0 Å². The van der Waals surface area contributed by atoms with Gasteiger partial charge in [-0.15, -0.1) is 12.4 Å². The molecular weight excluding hydrogens is 415 g/mol. The number of hydrogen-bond acceptors (Lipinski definition) is 6. The van der Waals surface area contributed by atoms with Crippen LogP contribution in [0.5, 0.6) is 11.5 Å². The van der Waals surface area contributed by atoms with E-state index in [0.717, 1.165) is 16.9 Å². The number of Topliss-reactive ketones (excluding diaryl/α,β-unsaturated/α-hetero) is 1. The van der Waals surface area contributed by atoms with Crippen LogP contribution in [0.1, 0.15) is 36.5 Å². The number of aryl methyl sites for hydroxylation is 1. The van der Waals surface area contributed by atoms with Crippen molar-refractivity contribution in [1.29, 1.82) is 0 Å². The molecule has 0 saturated carbocycles. The minimum absolute atomic E-state index is 0. The van der Waals surface area contributed by atoms with Crippen molar-refractivity contribution in [2.24, 2.45) is 10.7 Å². The number of carbonyl (C=O) groups is 1. The van der Waals surface area contributed by atoms with Gasteiger partial charge in [0.15, 0.2) is 16.7 Å². The lowest BCUT2D eigenvalue weighted by Gasteiger charge is -2.30. The highest BCUT2D eigenvalue weighted by Gasteiger charge is 2.32. The van der Waals surface area contributed by atoms with Crippen molar-refractivity contribution in [3.63, 3.8) is 0 Å². The van der Waals surface area contributed by atoms with E-state index in [1.54, 1.807) is 18.2 Å². The number of halogens is 2. The fraction of sp³-hybridized carbons (Fsp3) is 0.333. The second-order valence-electron chi connectivity index (χ2n) is 7.18. The fourth-order valence-corrected chi connectivity index (χ4v) is 4.27. The summed E-state index contributed by atoms with van der Waals surface area (Å²) in [5, 5.41) is 19.3. The van der Waals surface area contributed by atoms with E-state index < -0.39 is 5.54 Å². The number of aromatic hydroxyl groups is 2. The predicted octanol–water partition coefficient (Wildman–Crippen LogP) is 4.07. The number of carbonyl (C=O) groups excluding carboxylic acids is 1. The minimum Gasteiger partial charge on any atom is -0.504 e. The zero-order chi connectivity index (χ0) is 20.3. The van der Waals surface area contributed by atoms with E-state index in [9.17, 15) is 19.4 Å². The van der Waals surface area contributed by atoms with Crippen molar-refractivity contribution in [2.75, 3.05) is 5.75 Å². The molecule has 0 unspecified atom stereocenters. The minimum atomic E-state index is -0.720. The summed E-state index contributed by atoms with van der Waals surface area (Å²) in [6.07, 6.45) is 1.62. The molecule has 1 heterocycles. The first-order chi connectivity index (χ1) is 13.3. The van der Waals surface area contributed by atoms with Crippen LogP contribution < -0.4 is 5.73 Å². The van der Waals surface area contributed by atoms with Gasteiger partial charge in [-0.3, -0.25) is 9.79 Å². The Hall–Kier alpha value is -2.25. The Balaban J connectivity index is 0.00000300. The third-order valence-electron chi connectivity index (χ3n) is 4.94. The highest BCUT2D eigenvalue weighted by atomic mass is 35.5. The number of amidine groups is 1. The van der Waals surface area contributed by atoms with Crippen molar-refractivity contribution < 1.29 is 19.4 Å². The summed E-state index contributed by atoms with van der Waals surface area (Å²) in [5.41, 5.74) is 7.08. The smallest absolute Gasteiger partial charge is 0.157 e. The average molecular weight is 439 g/mol. The molecule has 3 rings (SSSR count). The van der Waals surface area contributed by atoms with E-state index in [1.807, 2.05) is 6.92 Å². The number of ketones is 1. The summed E-state index contributed by atoms with van der Waals surface area (Å²) in [6.45, 7) is 1.86. The second kappa shape index (κ2) is 9.50. The maximum atomic E-state index is 14.5. The van der Waals surface area contributed by atoms with Gasteiger partial charge in [-0.1, -0.05) is 30.0 Å². The van der Waals surface area contributed by atoms with Gasteiger partial charge in [0, 0.05) is 24.2 Å². The fourth-order valence-electron chi connectivity index (χ4n) is 3.30. The van der Waals surface area contributed by atoms with Crippen LogP contribution in [0.4, 0.5) is 4.39 Å². The van der Waals surface area contributed by atoms with E-state index in [1.165, 1.54) is 30.0 Å². The summed E-state index contributed by atoms with van der Waals surface area (Å²) in [6, 6.07) is 9.24. The Morgan fingerprint density at radius 2 is 1.93 bits per heavy atom. The normalized spacial score (nSPS) is 18.6. The SMILES string of the molecule is C[C@@]1(c2cc(CC(=O)CCc3ccc(O)c(O)c3)ccc2F)CCSC(N)=N1.Cl. The van der Waals surface area contributed by atoms with Gasteiger partial charge >= 0.3 is 0 Å². The molecule has 0 radical (unpaired) electrons. The predicted molar refractivity (Wildman–Crippen MR) is 117 cm³/mol. The first-order valence-electron chi connectivity index (χ1n) is 9.06. The summed E-state index contributed by atoms with van der Waals surface area (Å²) >= 11 is 1.46. The lowest BCUT2D eigenvalue weighted by atomic mass is 9.87. The number of phenolic OH excluding ortho intramolecular Hbond substituents is 2. The van der Waals surface area contributed by atoms with Crippen molar-refractivity contribution in [2.45, 2.75) is 38.1 Å². The van der Waals surface area contributed by atoms with Crippen molar-refractivity contribution >= 4 is 35.1 Å². The molecule has 0 spiro atoms. The Labute approximate surface area is 179 Å². The van der Waals surface area contributed by atoms with Crippen LogP contribution in [-0.2, 0) is 23.2 Å². The number of phenols is 2. The van der Waals surface area contributed by atoms with Gasteiger partial charge in [-0.2, -0.15) is 0 Å². The Morgan fingerprint density at radius 1 is 1.21 bits per heavy atom. The van der Waals surface area contributed by atoms with E-state index in [-0.39, 0.29) is 48.3 Å². The van der Waals surface area contributed by atoms with Gasteiger partial charge in [0.25, 0.3) is 0 Å². The molecule has 1 atom stereocenters. The molecule has 2 aromatic rings. The largest absolute Gasteiger partial charge is 0.504 e. The highest BCUT2D eigenvalue weighted by molar-refractivity contribution is 8.13. The van der Waals surface area contributed by atoms with Crippen molar-refractivity contribution in [3.05, 3.63) is 58.9 Å². The molecule has 8 heteroatoms. The lowest BCUT2D eigenvalue weighted by Crippen LogP contribution is -2.29. The number of benzene rings is 2. The Kier molecular flexibility index (Phi) is 7.54. The molecule has 0 fully saturated rings. The summed E-state index contributed by atoms with van der Waals surface area (Å²) in [4.78, 5) is 16.8. The quantitative estimate of drug-likeness (QED) is 0.591. The van der Waals surface area contributed by atoms with Crippen molar-refractivity contribution in [1.82, 2.24) is 0 Å². The third-order valence-corrected chi connectivity index (χ3v) is 5.74. The standard InChI is InChI=1S/C21H23FN2O3S.ClH/c1-21(8-9-28-20(23)24-21)16-11-14(3-6-17(16)22)10-15(25)5-2-13-4-7-18(26)19(27)12-13;/h3-4,6-7,11-12,26-27H,2,5,8-10H2,1H3,(H2,23,24);1H/t21-;/m0./s1. The van der Waals surface area contributed by atoms with E-state index in [4.69, 9.17) is 5.73 Å². The molecule has 0 amide bonds. The lowest BCUT2D eigenvalue weighted by molar-refractivity contribution is -0.118. The summed E-state index contributed by atoms with van der Waals surface area (Å²) in [7, 11) is 0. The Bertz CT molecular complexity index is 938. The molecule has 0 aliphatic carbocycles. The molecule has 0 bridgehead atoms. The Morgan fingerprint density at radius 3 is 2.62 bits per heavy atom. The van der Waals surface area contributed by atoms with Crippen LogP contribution in [0, 0.1) is 5.82 Å². The van der Waals surface area contributed by atoms with E-state index in [2.05, 4.69) is 4.99 Å². The number of nitrogens with zero attached hydrogens (tertiary/aromatic N) is 1. The molecule has 156 valence electrons. The molecule has 2 aromatic carbocycles. The second-order valence-corrected chi connectivity index (χ2v) is 8.29. The zero-order valence-electron chi connectivity index (χ0n) is 16.0. The number of aliphatic imine (C=N–C) groups is 1. The number of hydrogen-bond donors (Lipinski definition) is 3. The van der Waals surface area contributed by atoms with Gasteiger partial charge < -0.3 is 15.9 Å². The van der Waals surface area contributed by atoms with Crippen LogP contribution in [0.3, 0.4) is 0 Å². The van der Waals surface area contributed by atoms with Crippen LogP contribution in [0.2, 0.25) is 0 Å². The van der Waals surface area contributed by atoms with Gasteiger partial charge in [-0.25, -0.2) is 4.39 Å². The molecule has 1 aliphatic heterocycles. The van der Waals surface area contributed by atoms with Gasteiger partial charge in [0.05, 0.1) is 5.54 Å². The third kappa shape index (κ3) is 5.64. The molecule has 1 aliphatic rings. The monoisotopic (exact) mass is 438 g/mol. The molecular formula is C21H24ClFN2O3S. The van der Waals surface area contributed by atoms with Crippen LogP contribution in [0.15, 0.2) is 41.4 Å². The summed E-state index contributed by atoms with van der Waals surface area (Å²) < 4.78 is 14.5. The number of thioether (sulfide) groups is 1. The van der Waals surface area contributed by atoms with E-state index in [0.29, 0.717) is 23.6 Å². The van der Waals surface area contributed by atoms with E-state index >= 15 is 0 Å². The average Bonchev–Trinajstić information content (AvgIpc) is 2.64. The van der Waals surface area contributed by atoms with Crippen LogP contribution in [0.25, 0.3) is 0 Å². The van der Waals surface area contributed by atoms with Gasteiger partial charge in [0.1, 0.15) is 11.6 Å². The zero-order valence-corrected chi connectivity index (χ0v) is 17.7. The van der Waals surface area contributed by atoms with Crippen molar-refractivity contribution in [3.8, 4) is 11.5 Å². The summed E-state index contributed by atoms with van der Waals surface area (Å²) in [5.74, 6) is 0.0475. The maximum Gasteiger partial charge on any atom is 0.157 e. The first-order valence-corrected chi connectivity index (χ1v) is 10.0. The topological polar surface area (TPSA) is 95.9 Å². The number of rotatable bonds is 6. The van der Waals surface area contributed by atoms with Crippen LogP contribution in [-0.4, -0.2) is 26.9 Å². The molecule has 29 heavy (non-hydrogen) atoms. The molecule has 4 N–H and O–H groups in total. The molecule has 0 saturated heterocycles. The maximum absolute atomic E-state index is 14.5. The van der Waals surface area contributed by atoms with Gasteiger partial charge in [-0.05, 0) is 49.1 Å². The first kappa shape index (κ1) is 23.0. The molecule has 0 aromatic heterocycles. The molecule has 5 nitrogen and oxygen atoms in total. The number of nitrogens with two attached hydrogens (primary N) is 1. The highest BCUT2D eigenvalue weighted by Crippen LogP contribution is 2.36. The van der Waals surface area contributed by atoms with Crippen LogP contribution >= 0.6 is 24.2 Å².